The van der Waals surface area contributed by atoms with Gasteiger partial charge in [0.15, 0.2) is 0 Å². The summed E-state index contributed by atoms with van der Waals surface area (Å²) < 4.78 is 19.2. The maximum Gasteiger partial charge on any atom is 0.142 e. The normalized spacial score (nSPS) is 9.90. The van der Waals surface area contributed by atoms with Gasteiger partial charge in [-0.25, -0.2) is 4.39 Å². The number of hydrogen-bond donors (Lipinski definition) is 0. The van der Waals surface area contributed by atoms with Gasteiger partial charge in [-0.05, 0) is 24.3 Å². The highest BCUT2D eigenvalue weighted by Gasteiger charge is 2.10. The van der Waals surface area contributed by atoms with E-state index in [0.29, 0.717) is 17.7 Å². The monoisotopic (exact) mass is 270 g/mol. The molecule has 2 aromatic carbocycles. The standard InChI is InChI=1S/C16H15FN2O/c1-19(15-5-3-4-6-16(15)20-2)11-13-8-7-12(10-18)9-14(13)17/h3-9H,11H2,1-2H3. The van der Waals surface area contributed by atoms with Crippen LogP contribution in [0.25, 0.3) is 0 Å². The molecule has 102 valence electrons. The highest BCUT2D eigenvalue weighted by atomic mass is 19.1. The van der Waals surface area contributed by atoms with Crippen molar-refractivity contribution in [2.75, 3.05) is 19.1 Å². The molecule has 0 aliphatic heterocycles. The predicted molar refractivity (Wildman–Crippen MR) is 76.2 cm³/mol. The molecule has 0 aromatic heterocycles. The minimum Gasteiger partial charge on any atom is -0.495 e. The topological polar surface area (TPSA) is 36.3 Å². The number of methoxy groups -OCH3 is 1. The molecular formula is C16H15FN2O. The van der Waals surface area contributed by atoms with Crippen LogP contribution in [0.5, 0.6) is 5.75 Å². The molecule has 0 N–H and O–H groups in total. The van der Waals surface area contributed by atoms with Crippen LogP contribution in [-0.2, 0) is 6.54 Å². The van der Waals surface area contributed by atoms with Gasteiger partial charge in [0.05, 0.1) is 24.4 Å². The summed E-state index contributed by atoms with van der Waals surface area (Å²) in [5.41, 5.74) is 1.75. The van der Waals surface area contributed by atoms with E-state index in [1.54, 1.807) is 19.2 Å². The number of rotatable bonds is 4. The van der Waals surface area contributed by atoms with Crippen molar-refractivity contribution in [1.82, 2.24) is 0 Å². The first kappa shape index (κ1) is 13.9. The van der Waals surface area contributed by atoms with E-state index in [9.17, 15) is 4.39 Å². The molecule has 20 heavy (non-hydrogen) atoms. The third-order valence-electron chi connectivity index (χ3n) is 3.09. The number of nitrogens with zero attached hydrogens (tertiary/aromatic N) is 2. The van der Waals surface area contributed by atoms with E-state index in [0.717, 1.165) is 11.4 Å². The highest BCUT2D eigenvalue weighted by Crippen LogP contribution is 2.28. The molecule has 0 bridgehead atoms. The van der Waals surface area contributed by atoms with E-state index in [2.05, 4.69) is 0 Å². The molecule has 0 radical (unpaired) electrons. The summed E-state index contributed by atoms with van der Waals surface area (Å²) in [7, 11) is 3.48. The van der Waals surface area contributed by atoms with E-state index >= 15 is 0 Å². The van der Waals surface area contributed by atoms with Crippen LogP contribution < -0.4 is 9.64 Å². The molecule has 0 aliphatic carbocycles. The molecule has 0 amide bonds. The fraction of sp³-hybridized carbons (Fsp3) is 0.188. The molecule has 0 fully saturated rings. The molecule has 0 atom stereocenters. The van der Waals surface area contributed by atoms with E-state index in [4.69, 9.17) is 10.00 Å². The van der Waals surface area contributed by atoms with Crippen molar-refractivity contribution in [3.8, 4) is 11.8 Å². The van der Waals surface area contributed by atoms with Crippen LogP contribution in [0, 0.1) is 17.1 Å². The minimum atomic E-state index is -0.370. The summed E-state index contributed by atoms with van der Waals surface area (Å²) in [5.74, 6) is 0.370. The SMILES string of the molecule is COc1ccccc1N(C)Cc1ccc(C#N)cc1F. The number of anilines is 1. The maximum absolute atomic E-state index is 13.9. The Bertz CT molecular complexity index is 649. The van der Waals surface area contributed by atoms with Crippen LogP contribution in [-0.4, -0.2) is 14.2 Å². The average molecular weight is 270 g/mol. The fourth-order valence-corrected chi connectivity index (χ4v) is 2.03. The second-order valence-corrected chi connectivity index (χ2v) is 4.45. The number of benzene rings is 2. The molecule has 0 spiro atoms. The van der Waals surface area contributed by atoms with Crippen LogP contribution >= 0.6 is 0 Å². The van der Waals surface area contributed by atoms with Gasteiger partial charge in [0.2, 0.25) is 0 Å². The lowest BCUT2D eigenvalue weighted by atomic mass is 10.1. The Balaban J connectivity index is 2.24. The second-order valence-electron chi connectivity index (χ2n) is 4.45. The predicted octanol–water partition coefficient (Wildman–Crippen LogP) is 3.34. The van der Waals surface area contributed by atoms with Gasteiger partial charge < -0.3 is 9.64 Å². The van der Waals surface area contributed by atoms with Crippen LogP contribution in [0.4, 0.5) is 10.1 Å². The van der Waals surface area contributed by atoms with E-state index < -0.39 is 0 Å². The van der Waals surface area contributed by atoms with Crippen molar-refractivity contribution in [1.29, 1.82) is 5.26 Å². The molecule has 0 saturated heterocycles. The molecule has 2 rings (SSSR count). The zero-order valence-corrected chi connectivity index (χ0v) is 11.4. The second kappa shape index (κ2) is 6.07. The summed E-state index contributed by atoms with van der Waals surface area (Å²) in [6.07, 6.45) is 0. The number of ether oxygens (including phenoxy) is 1. The fourth-order valence-electron chi connectivity index (χ4n) is 2.03. The molecule has 0 saturated carbocycles. The summed E-state index contributed by atoms with van der Waals surface area (Å²) >= 11 is 0. The summed E-state index contributed by atoms with van der Waals surface area (Å²) in [5, 5.41) is 8.74. The van der Waals surface area contributed by atoms with Gasteiger partial charge >= 0.3 is 0 Å². The van der Waals surface area contributed by atoms with Crippen LogP contribution in [0.2, 0.25) is 0 Å². The summed E-state index contributed by atoms with van der Waals surface area (Å²) in [6.45, 7) is 0.401. The Morgan fingerprint density at radius 3 is 2.65 bits per heavy atom. The zero-order chi connectivity index (χ0) is 14.5. The lowest BCUT2D eigenvalue weighted by molar-refractivity contribution is 0.414. The third kappa shape index (κ3) is 2.89. The van der Waals surface area contributed by atoms with Crippen LogP contribution in [0.1, 0.15) is 11.1 Å². The number of para-hydroxylation sites is 2. The van der Waals surface area contributed by atoms with Gasteiger partial charge in [0.1, 0.15) is 11.6 Å². The third-order valence-corrected chi connectivity index (χ3v) is 3.09. The molecule has 4 heteroatoms. The smallest absolute Gasteiger partial charge is 0.142 e. The van der Waals surface area contributed by atoms with Crippen LogP contribution in [0.15, 0.2) is 42.5 Å². The molecule has 0 aliphatic rings. The summed E-state index contributed by atoms with van der Waals surface area (Å²) in [6, 6.07) is 14.0. The highest BCUT2D eigenvalue weighted by molar-refractivity contribution is 5.58. The van der Waals surface area contributed by atoms with Crippen molar-refractivity contribution < 1.29 is 9.13 Å². The molecule has 3 nitrogen and oxygen atoms in total. The summed E-state index contributed by atoms with van der Waals surface area (Å²) in [4.78, 5) is 1.91. The van der Waals surface area contributed by atoms with E-state index in [1.807, 2.05) is 42.3 Å². The maximum atomic E-state index is 13.9. The molecule has 0 unspecified atom stereocenters. The van der Waals surface area contributed by atoms with Crippen molar-refractivity contribution in [3.63, 3.8) is 0 Å². The number of nitriles is 1. The van der Waals surface area contributed by atoms with Gasteiger partial charge in [-0.1, -0.05) is 18.2 Å². The Morgan fingerprint density at radius 1 is 1.25 bits per heavy atom. The van der Waals surface area contributed by atoms with Gasteiger partial charge in [-0.3, -0.25) is 0 Å². The van der Waals surface area contributed by atoms with Gasteiger partial charge in [0, 0.05) is 19.2 Å². The first-order valence-corrected chi connectivity index (χ1v) is 6.18. The van der Waals surface area contributed by atoms with E-state index in [1.165, 1.54) is 6.07 Å². The van der Waals surface area contributed by atoms with Crippen molar-refractivity contribution in [2.45, 2.75) is 6.54 Å². The minimum absolute atomic E-state index is 0.325. The lowest BCUT2D eigenvalue weighted by Crippen LogP contribution is -2.18. The Kier molecular flexibility index (Phi) is 4.21. The van der Waals surface area contributed by atoms with Gasteiger partial charge in [-0.2, -0.15) is 5.26 Å². The molecule has 2 aromatic rings. The Hall–Kier alpha value is -2.54. The quantitative estimate of drug-likeness (QED) is 0.855. The first-order chi connectivity index (χ1) is 9.65. The van der Waals surface area contributed by atoms with E-state index in [-0.39, 0.29) is 5.82 Å². The molecular weight excluding hydrogens is 255 g/mol. The lowest BCUT2D eigenvalue weighted by Gasteiger charge is -2.22. The largest absolute Gasteiger partial charge is 0.495 e. The van der Waals surface area contributed by atoms with Crippen LogP contribution in [0.3, 0.4) is 0 Å². The Morgan fingerprint density at radius 2 is 2.00 bits per heavy atom. The first-order valence-electron chi connectivity index (χ1n) is 6.18. The number of hydrogen-bond acceptors (Lipinski definition) is 3. The van der Waals surface area contributed by atoms with Crippen molar-refractivity contribution >= 4 is 5.69 Å². The Labute approximate surface area is 117 Å². The zero-order valence-electron chi connectivity index (χ0n) is 11.4. The number of halogens is 1. The van der Waals surface area contributed by atoms with Crippen molar-refractivity contribution in [3.05, 3.63) is 59.4 Å². The average Bonchev–Trinajstić information content (AvgIpc) is 2.49. The molecule has 0 heterocycles. The van der Waals surface area contributed by atoms with Gasteiger partial charge in [-0.15, -0.1) is 0 Å². The van der Waals surface area contributed by atoms with Crippen molar-refractivity contribution in [2.24, 2.45) is 0 Å². The van der Waals surface area contributed by atoms with Gasteiger partial charge in [0.25, 0.3) is 0 Å².